The van der Waals surface area contributed by atoms with Gasteiger partial charge < -0.3 is 25.6 Å². The molecule has 1 aromatic rings. The van der Waals surface area contributed by atoms with Crippen LogP contribution < -0.4 is 16.3 Å². The average molecular weight is 447 g/mol. The van der Waals surface area contributed by atoms with Crippen LogP contribution in [0.3, 0.4) is 0 Å². The number of aldehydes is 1. The Labute approximate surface area is 187 Å². The molecule has 0 unspecified atom stereocenters. The number of halogens is 1. The number of allylic oxidation sites excluding steroid dienone is 2. The molecule has 1 saturated heterocycles. The lowest BCUT2D eigenvalue weighted by atomic mass is 9.57. The highest BCUT2D eigenvalue weighted by molar-refractivity contribution is 6.40. The van der Waals surface area contributed by atoms with Gasteiger partial charge in [0.15, 0.2) is 6.29 Å². The van der Waals surface area contributed by atoms with Gasteiger partial charge in [0.1, 0.15) is 5.69 Å². The normalized spacial score (nSPS) is 18.9. The van der Waals surface area contributed by atoms with Crippen molar-refractivity contribution in [2.75, 3.05) is 39.0 Å². The van der Waals surface area contributed by atoms with Gasteiger partial charge in [-0.05, 0) is 55.2 Å². The molecule has 0 radical (unpaired) electrons. The second kappa shape index (κ2) is 10.2. The van der Waals surface area contributed by atoms with E-state index in [0.29, 0.717) is 28.9 Å². The summed E-state index contributed by atoms with van der Waals surface area (Å²) in [6.45, 7) is 3.90. The van der Waals surface area contributed by atoms with E-state index in [0.717, 1.165) is 57.4 Å². The van der Waals surface area contributed by atoms with Gasteiger partial charge in [-0.25, -0.2) is 0 Å². The van der Waals surface area contributed by atoms with Gasteiger partial charge in [-0.1, -0.05) is 11.6 Å². The van der Waals surface area contributed by atoms with Crippen molar-refractivity contribution >= 4 is 36.0 Å². The number of nitrogens with zero attached hydrogens (tertiary/aromatic N) is 3. The molecule has 1 aliphatic heterocycles. The summed E-state index contributed by atoms with van der Waals surface area (Å²) in [5.41, 5.74) is 4.89. The zero-order valence-electron chi connectivity index (χ0n) is 18.2. The largest absolute Gasteiger partial charge is 0.383 e. The van der Waals surface area contributed by atoms with Crippen molar-refractivity contribution < 1.29 is 4.79 Å². The van der Waals surface area contributed by atoms with Crippen molar-refractivity contribution in [1.29, 1.82) is 5.41 Å². The second-order valence-corrected chi connectivity index (χ2v) is 8.97. The number of rotatable bonds is 11. The summed E-state index contributed by atoms with van der Waals surface area (Å²) in [5.74, 6) is 0.522. The van der Waals surface area contributed by atoms with Crippen molar-refractivity contribution in [1.82, 2.24) is 14.9 Å². The quantitative estimate of drug-likeness (QED) is 0.209. The number of likely N-dealkylation sites (tertiary alicyclic amines) is 1. The van der Waals surface area contributed by atoms with Crippen molar-refractivity contribution in [2.24, 2.45) is 16.4 Å². The van der Waals surface area contributed by atoms with E-state index >= 15 is 0 Å². The predicted octanol–water partition coefficient (Wildman–Crippen LogP) is 2.28. The molecular weight excluding hydrogens is 416 g/mol. The van der Waals surface area contributed by atoms with Crippen LogP contribution in [0.15, 0.2) is 32.8 Å². The minimum absolute atomic E-state index is 0.0562. The molecule has 1 saturated carbocycles. The molecule has 2 aliphatic rings. The zero-order chi connectivity index (χ0) is 22.4. The lowest BCUT2D eigenvalue weighted by Gasteiger charge is -2.59. The standard InChI is InChI=1S/C22H31ClN6O2/c1-25-20-17(10-24)5-7-29(21(20)31)12-16-8-22(9-16)14-28(15-22)6-3-4-18(11-27-26-2)19(23)13-30/h5,7,10-11,13,16,24-26H,3-4,6,8-9,12,14-15H2,1-2H3/b19-18+,24-10?,27-11-. The third-order valence-corrected chi connectivity index (χ3v) is 6.63. The second-order valence-electron chi connectivity index (χ2n) is 8.56. The summed E-state index contributed by atoms with van der Waals surface area (Å²) in [7, 11) is 3.42. The summed E-state index contributed by atoms with van der Waals surface area (Å²) in [4.78, 5) is 26.0. The van der Waals surface area contributed by atoms with Crippen molar-refractivity contribution in [3.8, 4) is 0 Å². The van der Waals surface area contributed by atoms with Crippen LogP contribution in [-0.2, 0) is 11.3 Å². The summed E-state index contributed by atoms with van der Waals surface area (Å²) in [6, 6.07) is 1.82. The molecule has 1 spiro atoms. The van der Waals surface area contributed by atoms with Crippen molar-refractivity contribution in [2.45, 2.75) is 32.2 Å². The molecule has 0 aromatic carbocycles. The lowest BCUT2D eigenvalue weighted by molar-refractivity contribution is -0.104. The molecule has 3 rings (SSSR count). The van der Waals surface area contributed by atoms with E-state index in [1.807, 2.05) is 6.07 Å². The fraction of sp³-hybridized carbons (Fsp3) is 0.545. The third-order valence-electron chi connectivity index (χ3n) is 6.30. The van der Waals surface area contributed by atoms with E-state index in [4.69, 9.17) is 17.0 Å². The van der Waals surface area contributed by atoms with Crippen LogP contribution in [0.5, 0.6) is 0 Å². The van der Waals surface area contributed by atoms with Gasteiger partial charge in [-0.3, -0.25) is 9.59 Å². The van der Waals surface area contributed by atoms with Gasteiger partial charge in [0, 0.05) is 51.7 Å². The van der Waals surface area contributed by atoms with Crippen LogP contribution >= 0.6 is 11.6 Å². The molecule has 0 atom stereocenters. The van der Waals surface area contributed by atoms with Gasteiger partial charge >= 0.3 is 0 Å². The maximum absolute atomic E-state index is 12.6. The Morgan fingerprint density at radius 3 is 2.74 bits per heavy atom. The van der Waals surface area contributed by atoms with Crippen LogP contribution in [0.1, 0.15) is 31.2 Å². The molecule has 0 amide bonds. The van der Waals surface area contributed by atoms with Gasteiger partial charge in [-0.2, -0.15) is 5.10 Å². The molecule has 1 aliphatic carbocycles. The van der Waals surface area contributed by atoms with Crippen LogP contribution in [-0.4, -0.2) is 61.9 Å². The van der Waals surface area contributed by atoms with Crippen LogP contribution in [0, 0.1) is 16.7 Å². The average Bonchev–Trinajstić information content (AvgIpc) is 2.72. The maximum Gasteiger partial charge on any atom is 0.274 e. The zero-order valence-corrected chi connectivity index (χ0v) is 18.9. The fourth-order valence-corrected chi connectivity index (χ4v) is 5.09. The number of hydrogen-bond acceptors (Lipinski definition) is 7. The van der Waals surface area contributed by atoms with Crippen LogP contribution in [0.2, 0.25) is 0 Å². The smallest absolute Gasteiger partial charge is 0.274 e. The number of pyridine rings is 1. The monoisotopic (exact) mass is 446 g/mol. The van der Waals surface area contributed by atoms with Crippen LogP contribution in [0.25, 0.3) is 0 Å². The van der Waals surface area contributed by atoms with Gasteiger partial charge in [-0.15, -0.1) is 0 Å². The summed E-state index contributed by atoms with van der Waals surface area (Å²) < 4.78 is 1.77. The highest BCUT2D eigenvalue weighted by Gasteiger charge is 2.51. The topological polar surface area (TPSA) is 103 Å². The SMILES string of the molecule is CN/N=C\C(CCCN1CC2(CC(Cn3ccc(C=N)c(NC)c3=O)C2)C1)=C(\Cl)C=O. The first-order valence-electron chi connectivity index (χ1n) is 10.6. The van der Waals surface area contributed by atoms with E-state index < -0.39 is 0 Å². The number of hydrazone groups is 1. The molecule has 2 fully saturated rings. The lowest BCUT2D eigenvalue weighted by Crippen LogP contribution is -2.62. The Morgan fingerprint density at radius 1 is 1.39 bits per heavy atom. The first-order chi connectivity index (χ1) is 14.9. The summed E-state index contributed by atoms with van der Waals surface area (Å²) in [5, 5.41) is 14.5. The van der Waals surface area contributed by atoms with Gasteiger partial charge in [0.2, 0.25) is 0 Å². The first-order valence-corrected chi connectivity index (χ1v) is 11.0. The minimum atomic E-state index is -0.0562. The van der Waals surface area contributed by atoms with Crippen molar-refractivity contribution in [3.05, 3.63) is 38.8 Å². The molecule has 31 heavy (non-hydrogen) atoms. The van der Waals surface area contributed by atoms with E-state index in [1.165, 1.54) is 6.21 Å². The van der Waals surface area contributed by atoms with Crippen LogP contribution in [0.4, 0.5) is 5.69 Å². The highest BCUT2D eigenvalue weighted by Crippen LogP contribution is 2.52. The fourth-order valence-electron chi connectivity index (χ4n) is 4.95. The van der Waals surface area contributed by atoms with E-state index in [2.05, 4.69) is 20.7 Å². The number of carbonyl (C=O) groups excluding carboxylic acids is 1. The Morgan fingerprint density at radius 2 is 2.13 bits per heavy atom. The number of hydrogen-bond donors (Lipinski definition) is 3. The van der Waals surface area contributed by atoms with E-state index in [-0.39, 0.29) is 10.6 Å². The van der Waals surface area contributed by atoms with Gasteiger partial charge in [0.05, 0.1) is 11.2 Å². The Hall–Kier alpha value is -2.45. The van der Waals surface area contributed by atoms with Gasteiger partial charge in [0.25, 0.3) is 5.56 Å². The molecule has 1 aromatic heterocycles. The van der Waals surface area contributed by atoms with E-state index in [9.17, 15) is 9.59 Å². The maximum atomic E-state index is 12.6. The molecular formula is C22H31ClN6O2. The minimum Gasteiger partial charge on any atom is -0.383 e. The highest BCUT2D eigenvalue weighted by atomic mass is 35.5. The summed E-state index contributed by atoms with van der Waals surface area (Å²) >= 11 is 5.98. The Bertz CT molecular complexity index is 924. The predicted molar refractivity (Wildman–Crippen MR) is 125 cm³/mol. The first kappa shape index (κ1) is 23.2. The molecule has 8 nitrogen and oxygen atoms in total. The number of anilines is 1. The third kappa shape index (κ3) is 5.25. The molecule has 9 heteroatoms. The molecule has 168 valence electrons. The Balaban J connectivity index is 1.43. The Kier molecular flexibility index (Phi) is 7.67. The van der Waals surface area contributed by atoms with E-state index in [1.54, 1.807) is 31.1 Å². The molecule has 3 N–H and O–H groups in total. The number of nitrogens with one attached hydrogen (secondary N) is 3. The summed E-state index contributed by atoms with van der Waals surface area (Å²) in [6.07, 6.45) is 9.22. The molecule has 2 heterocycles. The number of carbonyl (C=O) groups is 1. The van der Waals surface area contributed by atoms with Crippen molar-refractivity contribution in [3.63, 3.8) is 0 Å². The molecule has 0 bridgehead atoms. The number of aromatic nitrogens is 1.